The fourth-order valence-corrected chi connectivity index (χ4v) is 2.78. The molecule has 2 bridgehead atoms. The monoisotopic (exact) mass is 234 g/mol. The van der Waals surface area contributed by atoms with Crippen LogP contribution in [0.25, 0.3) is 0 Å². The van der Waals surface area contributed by atoms with Gasteiger partial charge < -0.3 is 14.7 Å². The second-order valence-corrected chi connectivity index (χ2v) is 5.00. The largest absolute Gasteiger partial charge is 0.392 e. The molecule has 0 aromatic carbocycles. The van der Waals surface area contributed by atoms with Gasteiger partial charge in [0, 0.05) is 18.8 Å². The number of morpholine rings is 1. The molecule has 92 valence electrons. The Hall–Kier alpha value is -1.13. The number of pyridine rings is 1. The van der Waals surface area contributed by atoms with Gasteiger partial charge in [0.1, 0.15) is 5.82 Å². The molecule has 4 nitrogen and oxygen atoms in total. The van der Waals surface area contributed by atoms with E-state index < -0.39 is 0 Å². The lowest BCUT2D eigenvalue weighted by molar-refractivity contribution is 0.0302. The highest BCUT2D eigenvalue weighted by Crippen LogP contribution is 2.29. The SMILES string of the molecule is Cc1cc(CO)cc(N2CC3CCC(C2)O3)n1. The van der Waals surface area contributed by atoms with Crippen LogP contribution in [-0.4, -0.2) is 35.4 Å². The molecule has 0 saturated carbocycles. The van der Waals surface area contributed by atoms with Gasteiger partial charge in [0.15, 0.2) is 0 Å². The highest BCUT2D eigenvalue weighted by atomic mass is 16.5. The summed E-state index contributed by atoms with van der Waals surface area (Å²) in [6.45, 7) is 3.90. The van der Waals surface area contributed by atoms with Crippen molar-refractivity contribution >= 4 is 5.82 Å². The number of rotatable bonds is 2. The van der Waals surface area contributed by atoms with Gasteiger partial charge in [-0.2, -0.15) is 0 Å². The molecule has 0 radical (unpaired) electrons. The maximum atomic E-state index is 9.23. The lowest BCUT2D eigenvalue weighted by Crippen LogP contribution is -2.43. The molecule has 1 N–H and O–H groups in total. The van der Waals surface area contributed by atoms with Gasteiger partial charge in [0.05, 0.1) is 18.8 Å². The molecule has 3 heterocycles. The first-order valence-corrected chi connectivity index (χ1v) is 6.23. The van der Waals surface area contributed by atoms with Crippen molar-refractivity contribution in [3.63, 3.8) is 0 Å². The number of ether oxygens (including phenoxy) is 1. The predicted octanol–water partition coefficient (Wildman–Crippen LogP) is 1.25. The highest BCUT2D eigenvalue weighted by molar-refractivity contribution is 5.43. The summed E-state index contributed by atoms with van der Waals surface area (Å²) < 4.78 is 5.82. The molecule has 0 aliphatic carbocycles. The summed E-state index contributed by atoms with van der Waals surface area (Å²) in [5.41, 5.74) is 1.90. The van der Waals surface area contributed by atoms with E-state index in [9.17, 15) is 5.11 Å². The first-order valence-electron chi connectivity index (χ1n) is 6.23. The quantitative estimate of drug-likeness (QED) is 0.836. The number of aryl methyl sites for hydroxylation is 1. The molecule has 2 unspecified atom stereocenters. The van der Waals surface area contributed by atoms with Gasteiger partial charge in [-0.1, -0.05) is 0 Å². The Morgan fingerprint density at radius 3 is 2.71 bits per heavy atom. The third-order valence-electron chi connectivity index (χ3n) is 3.55. The zero-order valence-corrected chi connectivity index (χ0v) is 10.1. The molecule has 0 amide bonds. The number of anilines is 1. The van der Waals surface area contributed by atoms with Crippen molar-refractivity contribution in [3.05, 3.63) is 23.4 Å². The van der Waals surface area contributed by atoms with Gasteiger partial charge in [0.2, 0.25) is 0 Å². The maximum absolute atomic E-state index is 9.23. The topological polar surface area (TPSA) is 45.6 Å². The summed E-state index contributed by atoms with van der Waals surface area (Å²) in [6.07, 6.45) is 3.07. The third-order valence-corrected chi connectivity index (χ3v) is 3.55. The molecule has 2 saturated heterocycles. The van der Waals surface area contributed by atoms with Gasteiger partial charge in [-0.05, 0) is 37.5 Å². The Labute approximate surface area is 101 Å². The first kappa shape index (κ1) is 11.0. The van der Waals surface area contributed by atoms with Crippen LogP contribution in [0, 0.1) is 6.92 Å². The average Bonchev–Trinajstić information content (AvgIpc) is 2.67. The maximum Gasteiger partial charge on any atom is 0.129 e. The average molecular weight is 234 g/mol. The summed E-state index contributed by atoms with van der Waals surface area (Å²) in [5, 5.41) is 9.23. The van der Waals surface area contributed by atoms with Crippen LogP contribution in [0.3, 0.4) is 0 Å². The molecular formula is C13H18N2O2. The van der Waals surface area contributed by atoms with E-state index >= 15 is 0 Å². The molecule has 2 atom stereocenters. The Bertz CT molecular complexity index is 410. The van der Waals surface area contributed by atoms with Crippen molar-refractivity contribution in [3.8, 4) is 0 Å². The van der Waals surface area contributed by atoms with E-state index in [-0.39, 0.29) is 6.61 Å². The van der Waals surface area contributed by atoms with Crippen LogP contribution in [0.2, 0.25) is 0 Å². The lowest BCUT2D eigenvalue weighted by Gasteiger charge is -2.33. The number of fused-ring (bicyclic) bond motifs is 2. The Balaban J connectivity index is 1.86. The zero-order chi connectivity index (χ0) is 11.8. The van der Waals surface area contributed by atoms with Crippen LogP contribution in [0.1, 0.15) is 24.1 Å². The van der Waals surface area contributed by atoms with Crippen molar-refractivity contribution in [1.29, 1.82) is 0 Å². The minimum absolute atomic E-state index is 0.0769. The summed E-state index contributed by atoms with van der Waals surface area (Å²) in [7, 11) is 0. The molecule has 2 aliphatic rings. The van der Waals surface area contributed by atoms with Crippen LogP contribution in [0.4, 0.5) is 5.82 Å². The summed E-state index contributed by atoms with van der Waals surface area (Å²) >= 11 is 0. The standard InChI is InChI=1S/C13H18N2O2/c1-9-4-10(8-16)5-13(14-9)15-6-11-2-3-12(7-15)17-11/h4-5,11-12,16H,2-3,6-8H2,1H3. The van der Waals surface area contributed by atoms with E-state index in [1.165, 1.54) is 12.8 Å². The number of aromatic nitrogens is 1. The fourth-order valence-electron chi connectivity index (χ4n) is 2.78. The van der Waals surface area contributed by atoms with Gasteiger partial charge in [0.25, 0.3) is 0 Å². The third kappa shape index (κ3) is 2.15. The number of nitrogens with zero attached hydrogens (tertiary/aromatic N) is 2. The number of aliphatic hydroxyl groups excluding tert-OH is 1. The fraction of sp³-hybridized carbons (Fsp3) is 0.615. The minimum atomic E-state index is 0.0769. The van der Waals surface area contributed by atoms with Crippen molar-refractivity contribution in [2.45, 2.75) is 38.6 Å². The van der Waals surface area contributed by atoms with Crippen molar-refractivity contribution in [1.82, 2.24) is 4.98 Å². The summed E-state index contributed by atoms with van der Waals surface area (Å²) in [6, 6.07) is 3.91. The Morgan fingerprint density at radius 1 is 1.35 bits per heavy atom. The minimum Gasteiger partial charge on any atom is -0.392 e. The molecule has 2 fully saturated rings. The van der Waals surface area contributed by atoms with Crippen molar-refractivity contribution in [2.24, 2.45) is 0 Å². The molecule has 3 rings (SSSR count). The Morgan fingerprint density at radius 2 is 2.06 bits per heavy atom. The van der Waals surface area contributed by atoms with Crippen LogP contribution >= 0.6 is 0 Å². The van der Waals surface area contributed by atoms with Crippen LogP contribution in [0.5, 0.6) is 0 Å². The van der Waals surface area contributed by atoms with E-state index in [0.29, 0.717) is 12.2 Å². The number of hydrogen-bond donors (Lipinski definition) is 1. The van der Waals surface area contributed by atoms with Crippen molar-refractivity contribution in [2.75, 3.05) is 18.0 Å². The number of hydrogen-bond acceptors (Lipinski definition) is 4. The van der Waals surface area contributed by atoms with E-state index in [4.69, 9.17) is 4.74 Å². The Kier molecular flexibility index (Phi) is 2.76. The van der Waals surface area contributed by atoms with Crippen LogP contribution in [-0.2, 0) is 11.3 Å². The highest BCUT2D eigenvalue weighted by Gasteiger charge is 2.34. The van der Waals surface area contributed by atoms with E-state index in [1.807, 2.05) is 19.1 Å². The molecule has 1 aromatic rings. The van der Waals surface area contributed by atoms with Crippen molar-refractivity contribution < 1.29 is 9.84 Å². The molecule has 1 aromatic heterocycles. The smallest absolute Gasteiger partial charge is 0.129 e. The van der Waals surface area contributed by atoms with Gasteiger partial charge in [-0.15, -0.1) is 0 Å². The lowest BCUT2D eigenvalue weighted by atomic mass is 10.2. The predicted molar refractivity (Wildman–Crippen MR) is 65.0 cm³/mol. The van der Waals surface area contributed by atoms with E-state index in [1.54, 1.807) is 0 Å². The van der Waals surface area contributed by atoms with Gasteiger partial charge in [-0.25, -0.2) is 4.98 Å². The van der Waals surface area contributed by atoms with Crippen LogP contribution in [0.15, 0.2) is 12.1 Å². The second kappa shape index (κ2) is 4.27. The normalized spacial score (nSPS) is 27.5. The van der Waals surface area contributed by atoms with E-state index in [2.05, 4.69) is 9.88 Å². The second-order valence-electron chi connectivity index (χ2n) is 5.00. The summed E-state index contributed by atoms with van der Waals surface area (Å²) in [5.74, 6) is 0.981. The molecule has 2 aliphatic heterocycles. The van der Waals surface area contributed by atoms with Gasteiger partial charge >= 0.3 is 0 Å². The molecule has 0 spiro atoms. The zero-order valence-electron chi connectivity index (χ0n) is 10.1. The first-order chi connectivity index (χ1) is 8.24. The van der Waals surface area contributed by atoms with Gasteiger partial charge in [-0.3, -0.25) is 0 Å². The van der Waals surface area contributed by atoms with E-state index in [0.717, 1.165) is 30.2 Å². The molecule has 4 heteroatoms. The van der Waals surface area contributed by atoms with Crippen LogP contribution < -0.4 is 4.90 Å². The summed E-state index contributed by atoms with van der Waals surface area (Å²) in [4.78, 5) is 6.85. The molecule has 17 heavy (non-hydrogen) atoms. The molecular weight excluding hydrogens is 216 g/mol. The number of aliphatic hydroxyl groups is 1.